The molecule has 1 N–H and O–H groups in total. The van der Waals surface area contributed by atoms with Crippen LogP contribution >= 0.6 is 0 Å². The topological polar surface area (TPSA) is 90.1 Å². The Hall–Kier alpha value is -3.08. The van der Waals surface area contributed by atoms with Gasteiger partial charge in [-0.1, -0.05) is 20.8 Å². The number of rotatable bonds is 2. The quantitative estimate of drug-likeness (QED) is 0.864. The van der Waals surface area contributed by atoms with Gasteiger partial charge in [-0.05, 0) is 18.6 Å². The first-order valence-electron chi connectivity index (χ1n) is 9.49. The summed E-state index contributed by atoms with van der Waals surface area (Å²) < 4.78 is 1.71. The van der Waals surface area contributed by atoms with Gasteiger partial charge < -0.3 is 9.80 Å². The van der Waals surface area contributed by atoms with Crippen LogP contribution in [0, 0.1) is 11.3 Å². The molecule has 0 unspecified atom stereocenters. The van der Waals surface area contributed by atoms with Gasteiger partial charge in [0.2, 0.25) is 0 Å². The predicted octanol–water partition coefficient (Wildman–Crippen LogP) is 2.73. The van der Waals surface area contributed by atoms with Gasteiger partial charge in [0, 0.05) is 50.9 Å². The van der Waals surface area contributed by atoms with Crippen molar-refractivity contribution in [2.45, 2.75) is 32.6 Å². The average Bonchev–Trinajstić information content (AvgIpc) is 2.89. The van der Waals surface area contributed by atoms with Crippen molar-refractivity contribution >= 4 is 17.7 Å². The molecule has 8 heteroatoms. The maximum absolute atomic E-state index is 12.8. The van der Waals surface area contributed by atoms with Crippen molar-refractivity contribution in [1.82, 2.24) is 19.7 Å². The van der Waals surface area contributed by atoms with Crippen molar-refractivity contribution in [3.63, 3.8) is 0 Å². The SMILES string of the molecule is Cn1nc(C(C)(C)C)cc1NC(=O)N1CCCN(c2ccc(C#N)cn2)CC1. The summed E-state index contributed by atoms with van der Waals surface area (Å²) in [5.74, 6) is 1.53. The number of carbonyl (C=O) groups is 1. The van der Waals surface area contributed by atoms with Gasteiger partial charge >= 0.3 is 6.03 Å². The van der Waals surface area contributed by atoms with Crippen LogP contribution in [0.4, 0.5) is 16.4 Å². The molecule has 1 fully saturated rings. The van der Waals surface area contributed by atoms with Crippen LogP contribution < -0.4 is 10.2 Å². The highest BCUT2D eigenvalue weighted by molar-refractivity contribution is 5.88. The zero-order valence-electron chi connectivity index (χ0n) is 16.9. The summed E-state index contributed by atoms with van der Waals surface area (Å²) in [6.45, 7) is 9.11. The van der Waals surface area contributed by atoms with Gasteiger partial charge in [0.15, 0.2) is 0 Å². The molecule has 1 aliphatic heterocycles. The Morgan fingerprint density at radius 3 is 2.61 bits per heavy atom. The van der Waals surface area contributed by atoms with Crippen LogP contribution in [0.2, 0.25) is 0 Å². The summed E-state index contributed by atoms with van der Waals surface area (Å²) in [6.07, 6.45) is 2.44. The Labute approximate surface area is 165 Å². The fourth-order valence-electron chi connectivity index (χ4n) is 3.13. The third kappa shape index (κ3) is 4.42. The molecule has 3 heterocycles. The predicted molar refractivity (Wildman–Crippen MR) is 108 cm³/mol. The highest BCUT2D eigenvalue weighted by Crippen LogP contribution is 2.23. The zero-order valence-corrected chi connectivity index (χ0v) is 16.9. The second-order valence-electron chi connectivity index (χ2n) is 8.06. The van der Waals surface area contributed by atoms with E-state index in [-0.39, 0.29) is 11.4 Å². The molecule has 0 spiro atoms. The van der Waals surface area contributed by atoms with Crippen LogP contribution in [0.15, 0.2) is 24.4 Å². The Kier molecular flexibility index (Phi) is 5.54. The van der Waals surface area contributed by atoms with Crippen LogP contribution in [-0.2, 0) is 12.5 Å². The van der Waals surface area contributed by atoms with Gasteiger partial charge in [-0.15, -0.1) is 0 Å². The van der Waals surface area contributed by atoms with Crippen LogP contribution in [0.3, 0.4) is 0 Å². The van der Waals surface area contributed by atoms with Crippen LogP contribution in [-0.4, -0.2) is 51.9 Å². The number of aryl methyl sites for hydroxylation is 1. The number of pyridine rings is 1. The molecule has 0 atom stereocenters. The van der Waals surface area contributed by atoms with Gasteiger partial charge in [-0.2, -0.15) is 10.4 Å². The summed E-state index contributed by atoms with van der Waals surface area (Å²) >= 11 is 0. The van der Waals surface area contributed by atoms with E-state index in [4.69, 9.17) is 5.26 Å². The van der Waals surface area contributed by atoms with Crippen molar-refractivity contribution in [3.05, 3.63) is 35.7 Å². The van der Waals surface area contributed by atoms with Gasteiger partial charge in [0.25, 0.3) is 0 Å². The molecular weight excluding hydrogens is 354 g/mol. The number of hydrogen-bond acceptors (Lipinski definition) is 5. The van der Waals surface area contributed by atoms with E-state index in [1.54, 1.807) is 16.9 Å². The molecule has 8 nitrogen and oxygen atoms in total. The number of amides is 2. The maximum atomic E-state index is 12.8. The first-order chi connectivity index (χ1) is 13.3. The highest BCUT2D eigenvalue weighted by atomic mass is 16.2. The molecule has 2 aromatic heterocycles. The van der Waals surface area contributed by atoms with E-state index in [1.807, 2.05) is 24.1 Å². The third-order valence-corrected chi connectivity index (χ3v) is 4.87. The lowest BCUT2D eigenvalue weighted by Crippen LogP contribution is -2.38. The van der Waals surface area contributed by atoms with Crippen molar-refractivity contribution in [2.75, 3.05) is 36.4 Å². The van der Waals surface area contributed by atoms with E-state index in [2.05, 4.69) is 47.1 Å². The van der Waals surface area contributed by atoms with Crippen molar-refractivity contribution in [1.29, 1.82) is 5.26 Å². The molecule has 28 heavy (non-hydrogen) atoms. The van der Waals surface area contributed by atoms with E-state index in [9.17, 15) is 4.79 Å². The molecule has 0 saturated carbocycles. The smallest absolute Gasteiger partial charge is 0.323 e. The first-order valence-corrected chi connectivity index (χ1v) is 9.49. The molecule has 2 aromatic rings. The van der Waals surface area contributed by atoms with E-state index >= 15 is 0 Å². The molecular formula is C20H27N7O. The fourth-order valence-corrected chi connectivity index (χ4v) is 3.13. The Bertz CT molecular complexity index is 873. The van der Waals surface area contributed by atoms with Gasteiger partial charge in [-0.25, -0.2) is 9.78 Å². The normalized spacial score (nSPS) is 15.1. The minimum Gasteiger partial charge on any atom is -0.355 e. The molecule has 0 radical (unpaired) electrons. The molecule has 0 aromatic carbocycles. The summed E-state index contributed by atoms with van der Waals surface area (Å²) in [6, 6.07) is 7.53. The second-order valence-corrected chi connectivity index (χ2v) is 8.06. The summed E-state index contributed by atoms with van der Waals surface area (Å²) in [7, 11) is 1.84. The summed E-state index contributed by atoms with van der Waals surface area (Å²) in [4.78, 5) is 21.1. The van der Waals surface area contributed by atoms with Gasteiger partial charge in [-0.3, -0.25) is 10.00 Å². The largest absolute Gasteiger partial charge is 0.355 e. The van der Waals surface area contributed by atoms with Crippen LogP contribution in [0.25, 0.3) is 0 Å². The molecule has 1 aliphatic rings. The molecule has 2 amide bonds. The third-order valence-electron chi connectivity index (χ3n) is 4.87. The van der Waals surface area contributed by atoms with Crippen LogP contribution in [0.5, 0.6) is 0 Å². The van der Waals surface area contributed by atoms with E-state index in [1.165, 1.54) is 0 Å². The second kappa shape index (κ2) is 7.89. The number of aromatic nitrogens is 3. The first kappa shape index (κ1) is 19.7. The van der Waals surface area contributed by atoms with Gasteiger partial charge in [0.05, 0.1) is 11.3 Å². The van der Waals surface area contributed by atoms with Gasteiger partial charge in [0.1, 0.15) is 17.7 Å². The Balaban J connectivity index is 1.63. The molecule has 0 bridgehead atoms. The number of anilines is 2. The lowest BCUT2D eigenvalue weighted by Gasteiger charge is -2.23. The monoisotopic (exact) mass is 381 g/mol. The number of carbonyl (C=O) groups excluding carboxylic acids is 1. The van der Waals surface area contributed by atoms with E-state index in [0.29, 0.717) is 31.0 Å². The molecule has 0 aliphatic carbocycles. The minimum absolute atomic E-state index is 0.0715. The molecule has 3 rings (SSSR count). The maximum Gasteiger partial charge on any atom is 0.323 e. The van der Waals surface area contributed by atoms with E-state index < -0.39 is 0 Å². The molecule has 148 valence electrons. The zero-order chi connectivity index (χ0) is 20.3. The lowest BCUT2D eigenvalue weighted by molar-refractivity contribution is 0.215. The summed E-state index contributed by atoms with van der Waals surface area (Å²) in [5.41, 5.74) is 1.42. The molecule has 1 saturated heterocycles. The Morgan fingerprint density at radius 2 is 2.00 bits per heavy atom. The highest BCUT2D eigenvalue weighted by Gasteiger charge is 2.23. The summed E-state index contributed by atoms with van der Waals surface area (Å²) in [5, 5.41) is 16.4. The number of nitriles is 1. The number of urea groups is 1. The minimum atomic E-state index is -0.113. The fraction of sp³-hybridized carbons (Fsp3) is 0.500. The number of hydrogen-bond donors (Lipinski definition) is 1. The number of nitrogens with zero attached hydrogens (tertiary/aromatic N) is 6. The average molecular weight is 381 g/mol. The Morgan fingerprint density at radius 1 is 1.21 bits per heavy atom. The lowest BCUT2D eigenvalue weighted by atomic mass is 9.92. The van der Waals surface area contributed by atoms with Crippen molar-refractivity contribution in [2.24, 2.45) is 7.05 Å². The van der Waals surface area contributed by atoms with Crippen LogP contribution in [0.1, 0.15) is 38.4 Å². The van der Waals surface area contributed by atoms with Crippen molar-refractivity contribution < 1.29 is 4.79 Å². The standard InChI is InChI=1S/C20H27N7O/c1-20(2,3)16-12-18(25(4)24-16)23-19(28)27-9-5-8-26(10-11-27)17-7-6-15(13-21)14-22-17/h6-7,12,14H,5,8-11H2,1-4H3,(H,23,28). The van der Waals surface area contributed by atoms with Crippen molar-refractivity contribution in [3.8, 4) is 6.07 Å². The number of nitrogens with one attached hydrogen (secondary N) is 1. The van der Waals surface area contributed by atoms with E-state index in [0.717, 1.165) is 24.5 Å².